The van der Waals surface area contributed by atoms with Gasteiger partial charge in [0.25, 0.3) is 11.5 Å². The fourth-order valence-corrected chi connectivity index (χ4v) is 12.6. The molecule has 62 heavy (non-hydrogen) atoms. The van der Waals surface area contributed by atoms with Gasteiger partial charge in [0.15, 0.2) is 11.4 Å². The maximum atomic E-state index is 7.36. The number of rotatable bonds is 4. The molecule has 3 atom stereocenters. The first-order valence-electron chi connectivity index (χ1n) is 22.3. The average molecular weight is 803 g/mol. The van der Waals surface area contributed by atoms with Gasteiger partial charge in [-0.15, -0.1) is 9.13 Å². The van der Waals surface area contributed by atoms with E-state index in [4.69, 9.17) is 4.74 Å². The Kier molecular flexibility index (Phi) is 6.31. The molecule has 8 heterocycles. The Bertz CT molecular complexity index is 3330. The summed E-state index contributed by atoms with van der Waals surface area (Å²) in [5.74, 6) is 3.25. The van der Waals surface area contributed by atoms with E-state index in [2.05, 4.69) is 218 Å². The predicted molar refractivity (Wildman–Crippen MR) is 245 cm³/mol. The van der Waals surface area contributed by atoms with E-state index in [0.717, 1.165) is 11.6 Å². The van der Waals surface area contributed by atoms with Crippen LogP contribution in [-0.4, -0.2) is 0 Å². The Balaban J connectivity index is 1.21. The van der Waals surface area contributed by atoms with Crippen LogP contribution < -0.4 is 23.7 Å². The molecule has 2 aromatic heterocycles. The monoisotopic (exact) mass is 802 g/mol. The number of hydrogen-bond acceptors (Lipinski definition) is 3. The Hall–Kier alpha value is -6.98. The fraction of sp³-hybridized carbons (Fsp3) is 0.193. The molecule has 0 radical (unpaired) electrons. The number of aromatic nitrogens is 2. The van der Waals surface area contributed by atoms with Crippen molar-refractivity contribution in [3.8, 4) is 23.0 Å². The molecule has 8 aromatic rings. The molecule has 5 heteroatoms. The summed E-state index contributed by atoms with van der Waals surface area (Å²) >= 11 is 0. The van der Waals surface area contributed by atoms with E-state index in [1.165, 1.54) is 101 Å². The van der Waals surface area contributed by atoms with Crippen molar-refractivity contribution in [1.29, 1.82) is 0 Å². The van der Waals surface area contributed by atoms with Gasteiger partial charge in [-0.2, -0.15) is 4.90 Å². The normalized spacial score (nSPS) is 19.4. The molecule has 0 saturated carbocycles. The van der Waals surface area contributed by atoms with Crippen LogP contribution in [-0.2, 0) is 16.5 Å². The van der Waals surface area contributed by atoms with Crippen molar-refractivity contribution >= 4 is 34.3 Å². The van der Waals surface area contributed by atoms with Gasteiger partial charge in [0.2, 0.25) is 5.69 Å². The lowest BCUT2D eigenvalue weighted by atomic mass is 9.64. The summed E-state index contributed by atoms with van der Waals surface area (Å²) in [6, 6.07) is 59.4. The second-order valence-corrected chi connectivity index (χ2v) is 19.4. The SMILES string of the molecule is CC(c1ccccc1)c1cc2[n+]3c(c1)-c1cc(C(C)c4ccccc4)cc4[n+]1C31c3c(cccc3N3c5ccccc5C(C)(C)c5cc6c(c1c53)N4c1ccccc1C6(C)C)O2. The van der Waals surface area contributed by atoms with Crippen molar-refractivity contribution in [3.05, 3.63) is 213 Å². The van der Waals surface area contributed by atoms with Gasteiger partial charge in [0.1, 0.15) is 16.8 Å². The van der Waals surface area contributed by atoms with Gasteiger partial charge in [-0.1, -0.05) is 145 Å². The van der Waals surface area contributed by atoms with Crippen LogP contribution in [0.2, 0.25) is 0 Å². The standard InChI is InChI=1S/C57H46N4O/c1-33(35-18-9-7-10-19-35)37-28-46-47-29-38(34(2)36-20-11-8-12-21-36)31-50-61(47)57-51-45(26-17-27-48(51)62-50)58-43-24-15-13-22-39(43)55(3,4)41-32-42-54(52(57)53(41)58)59(49(30-37)60(46)57)44-25-16-14-23-40(44)56(42,5)6/h7-34H,1-6H3/q+2. The van der Waals surface area contributed by atoms with Gasteiger partial charge < -0.3 is 9.64 Å². The van der Waals surface area contributed by atoms with Gasteiger partial charge in [0.05, 0.1) is 23.1 Å². The van der Waals surface area contributed by atoms with Crippen molar-refractivity contribution in [2.45, 2.75) is 69.9 Å². The average Bonchev–Trinajstić information content (AvgIpc) is 3.60. The molecule has 6 aliphatic rings. The molecule has 1 spiro atoms. The molecule has 0 saturated heterocycles. The van der Waals surface area contributed by atoms with Crippen LogP contribution in [0.15, 0.2) is 158 Å². The molecular weight excluding hydrogens is 757 g/mol. The van der Waals surface area contributed by atoms with Crippen molar-refractivity contribution < 1.29 is 13.9 Å². The first kappa shape index (κ1) is 34.7. The van der Waals surface area contributed by atoms with E-state index >= 15 is 0 Å². The minimum absolute atomic E-state index is 0.146. The molecule has 0 aliphatic carbocycles. The van der Waals surface area contributed by atoms with Crippen LogP contribution in [0.4, 0.5) is 34.3 Å². The van der Waals surface area contributed by atoms with Crippen LogP contribution in [0.25, 0.3) is 11.4 Å². The van der Waals surface area contributed by atoms with E-state index in [0.29, 0.717) is 0 Å². The van der Waals surface area contributed by atoms with Gasteiger partial charge >= 0.3 is 11.5 Å². The maximum Gasteiger partial charge on any atom is 0.378 e. The van der Waals surface area contributed by atoms with E-state index in [1.807, 2.05) is 0 Å². The molecule has 5 nitrogen and oxygen atoms in total. The highest BCUT2D eigenvalue weighted by Gasteiger charge is 2.75. The van der Waals surface area contributed by atoms with Crippen molar-refractivity contribution in [2.75, 3.05) is 9.80 Å². The molecule has 0 N–H and O–H groups in total. The molecule has 0 fully saturated rings. The number of benzene rings is 6. The van der Waals surface area contributed by atoms with Crippen LogP contribution in [0.3, 0.4) is 0 Å². The maximum absolute atomic E-state index is 7.36. The van der Waals surface area contributed by atoms with Crippen LogP contribution >= 0.6 is 0 Å². The third-order valence-electron chi connectivity index (χ3n) is 15.7. The Morgan fingerprint density at radius 1 is 0.452 bits per heavy atom. The topological polar surface area (TPSA) is 23.5 Å². The summed E-state index contributed by atoms with van der Waals surface area (Å²) in [6.07, 6.45) is 0. The number of ether oxygens (including phenoxy) is 1. The van der Waals surface area contributed by atoms with Crippen LogP contribution in [0.5, 0.6) is 11.6 Å². The highest BCUT2D eigenvalue weighted by atomic mass is 16.5. The summed E-state index contributed by atoms with van der Waals surface area (Å²) in [6.45, 7) is 14.5. The quantitative estimate of drug-likeness (QED) is 0.166. The summed E-state index contributed by atoms with van der Waals surface area (Å²) in [7, 11) is 0. The van der Waals surface area contributed by atoms with E-state index < -0.39 is 5.66 Å². The van der Waals surface area contributed by atoms with Gasteiger partial charge in [0, 0.05) is 45.9 Å². The Morgan fingerprint density at radius 3 is 1.60 bits per heavy atom. The summed E-state index contributed by atoms with van der Waals surface area (Å²) in [4.78, 5) is 5.24. The number of nitrogens with zero attached hydrogens (tertiary/aromatic N) is 4. The largest absolute Gasteiger partial charge is 0.404 e. The molecule has 298 valence electrons. The molecule has 14 rings (SSSR count). The minimum atomic E-state index is -0.782. The zero-order chi connectivity index (χ0) is 41.6. The van der Waals surface area contributed by atoms with E-state index in [1.54, 1.807) is 0 Å². The third-order valence-corrected chi connectivity index (χ3v) is 15.7. The zero-order valence-electron chi connectivity index (χ0n) is 35.9. The third kappa shape index (κ3) is 3.85. The molecular formula is C57H46N4O+2. The molecule has 6 aliphatic heterocycles. The van der Waals surface area contributed by atoms with Gasteiger partial charge in [-0.25, -0.2) is 0 Å². The molecule has 0 bridgehead atoms. The van der Waals surface area contributed by atoms with Crippen molar-refractivity contribution in [2.24, 2.45) is 0 Å². The summed E-state index contributed by atoms with van der Waals surface area (Å²) < 4.78 is 12.7. The number of para-hydroxylation sites is 2. The lowest BCUT2D eigenvalue weighted by molar-refractivity contribution is -0.936. The number of pyridine rings is 2. The van der Waals surface area contributed by atoms with Gasteiger partial charge in [-0.3, -0.25) is 0 Å². The van der Waals surface area contributed by atoms with Crippen LogP contribution in [0.1, 0.15) is 109 Å². The number of anilines is 6. The van der Waals surface area contributed by atoms with E-state index in [9.17, 15) is 0 Å². The van der Waals surface area contributed by atoms with Gasteiger partial charge in [-0.05, 0) is 69.8 Å². The van der Waals surface area contributed by atoms with Crippen LogP contribution in [0, 0.1) is 0 Å². The van der Waals surface area contributed by atoms with E-state index in [-0.39, 0.29) is 22.7 Å². The van der Waals surface area contributed by atoms with Crippen molar-refractivity contribution in [3.63, 3.8) is 0 Å². The zero-order valence-corrected chi connectivity index (χ0v) is 35.9. The van der Waals surface area contributed by atoms with Crippen molar-refractivity contribution in [1.82, 2.24) is 0 Å². The number of hydrogen-bond donors (Lipinski definition) is 0. The second kappa shape index (κ2) is 11.3. The second-order valence-electron chi connectivity index (χ2n) is 19.4. The highest BCUT2D eigenvalue weighted by Crippen LogP contribution is 2.69. The number of fused-ring (bicyclic) bond motifs is 7. The molecule has 0 amide bonds. The fourth-order valence-electron chi connectivity index (χ4n) is 12.6. The first-order valence-corrected chi connectivity index (χ1v) is 22.3. The predicted octanol–water partition coefficient (Wildman–Crippen LogP) is 12.8. The lowest BCUT2D eigenvalue weighted by Gasteiger charge is -2.52. The summed E-state index contributed by atoms with van der Waals surface area (Å²) in [5.41, 5.74) is 20.3. The lowest BCUT2D eigenvalue weighted by Crippen LogP contribution is -2.76. The highest BCUT2D eigenvalue weighted by molar-refractivity contribution is 6.01. The smallest absolute Gasteiger partial charge is 0.378 e. The minimum Gasteiger partial charge on any atom is -0.404 e. The molecule has 3 unspecified atom stereocenters. The Morgan fingerprint density at radius 2 is 0.968 bits per heavy atom. The first-order chi connectivity index (χ1) is 30.1. The summed E-state index contributed by atoms with van der Waals surface area (Å²) in [5, 5.41) is 0. The Labute approximate surface area is 362 Å². The molecule has 6 aromatic carbocycles.